The van der Waals surface area contributed by atoms with Crippen LogP contribution in [0, 0.1) is 0 Å². The van der Waals surface area contributed by atoms with E-state index in [9.17, 15) is 13.2 Å². The molecule has 1 saturated heterocycles. The minimum absolute atomic E-state index is 0.0189. The number of amides is 1. The van der Waals surface area contributed by atoms with Crippen LogP contribution in [0.2, 0.25) is 5.02 Å². The van der Waals surface area contributed by atoms with Gasteiger partial charge in [-0.2, -0.15) is 4.31 Å². The topological polar surface area (TPSA) is 121 Å². The van der Waals surface area contributed by atoms with Gasteiger partial charge in [-0.25, -0.2) is 8.42 Å². The first-order chi connectivity index (χ1) is 16.9. The molecule has 0 saturated carbocycles. The lowest BCUT2D eigenvalue weighted by Gasteiger charge is -2.26. The summed E-state index contributed by atoms with van der Waals surface area (Å²) in [4.78, 5) is 15.8. The van der Waals surface area contributed by atoms with E-state index in [1.54, 1.807) is 6.20 Å². The Morgan fingerprint density at radius 2 is 1.94 bits per heavy atom. The van der Waals surface area contributed by atoms with Gasteiger partial charge in [-0.3, -0.25) is 4.79 Å². The number of H-pyrrole nitrogens is 1. The summed E-state index contributed by atoms with van der Waals surface area (Å²) in [6.07, 6.45) is 4.50. The number of thioether (sulfide) groups is 1. The molecule has 1 aliphatic rings. The largest absolute Gasteiger partial charge is 0.411 e. The first-order valence-electron chi connectivity index (χ1n) is 11.0. The van der Waals surface area contributed by atoms with Crippen molar-refractivity contribution >= 4 is 55.9 Å². The molecule has 35 heavy (non-hydrogen) atoms. The summed E-state index contributed by atoms with van der Waals surface area (Å²) in [5, 5.41) is 12.2. The molecule has 12 heteroatoms. The zero-order valence-corrected chi connectivity index (χ0v) is 20.9. The fraction of sp³-hybridized carbons (Fsp3) is 0.261. The minimum atomic E-state index is -3.64. The maximum Gasteiger partial charge on any atom is 0.277 e. The predicted octanol–water partition coefficient (Wildman–Crippen LogP) is 4.78. The number of rotatable bonds is 7. The molecule has 0 bridgehead atoms. The molecule has 1 fully saturated rings. The molecule has 2 aromatic heterocycles. The minimum Gasteiger partial charge on any atom is -0.411 e. The molecular weight excluding hydrogens is 510 g/mol. The van der Waals surface area contributed by atoms with Crippen molar-refractivity contribution in [3.8, 4) is 11.5 Å². The maximum absolute atomic E-state index is 13.0. The van der Waals surface area contributed by atoms with Crippen molar-refractivity contribution in [1.29, 1.82) is 0 Å². The van der Waals surface area contributed by atoms with Gasteiger partial charge in [0, 0.05) is 30.2 Å². The molecule has 0 aliphatic carbocycles. The second kappa shape index (κ2) is 10.0. The summed E-state index contributed by atoms with van der Waals surface area (Å²) < 4.78 is 33.1. The molecule has 5 rings (SSSR count). The number of halogens is 1. The van der Waals surface area contributed by atoms with E-state index in [-0.39, 0.29) is 32.5 Å². The zero-order chi connectivity index (χ0) is 24.4. The van der Waals surface area contributed by atoms with Gasteiger partial charge in [0.05, 0.1) is 26.9 Å². The lowest BCUT2D eigenvalue weighted by Crippen LogP contribution is -2.35. The number of carbonyl (C=O) groups excluding carboxylic acids is 1. The predicted molar refractivity (Wildman–Crippen MR) is 135 cm³/mol. The van der Waals surface area contributed by atoms with Crippen LogP contribution >= 0.6 is 23.4 Å². The van der Waals surface area contributed by atoms with E-state index >= 15 is 0 Å². The Morgan fingerprint density at radius 1 is 1.14 bits per heavy atom. The van der Waals surface area contributed by atoms with Gasteiger partial charge in [-0.15, -0.1) is 10.2 Å². The molecule has 0 atom stereocenters. The van der Waals surface area contributed by atoms with Crippen molar-refractivity contribution in [2.24, 2.45) is 0 Å². The Morgan fingerprint density at radius 3 is 2.77 bits per heavy atom. The van der Waals surface area contributed by atoms with E-state index in [4.69, 9.17) is 16.0 Å². The van der Waals surface area contributed by atoms with Crippen LogP contribution < -0.4 is 5.32 Å². The number of aromatic nitrogens is 3. The number of anilines is 1. The number of para-hydroxylation sites is 1. The summed E-state index contributed by atoms with van der Waals surface area (Å²) >= 11 is 7.31. The van der Waals surface area contributed by atoms with Crippen molar-refractivity contribution < 1.29 is 17.6 Å². The average Bonchev–Trinajstić information content (AvgIpc) is 3.51. The van der Waals surface area contributed by atoms with Gasteiger partial charge < -0.3 is 14.7 Å². The van der Waals surface area contributed by atoms with Gasteiger partial charge in [-0.1, -0.05) is 48.0 Å². The maximum atomic E-state index is 13.0. The van der Waals surface area contributed by atoms with Crippen LogP contribution in [0.4, 0.5) is 5.69 Å². The Bertz CT molecular complexity index is 1480. The normalized spacial score (nSPS) is 14.9. The highest BCUT2D eigenvalue weighted by molar-refractivity contribution is 7.99. The van der Waals surface area contributed by atoms with E-state index in [2.05, 4.69) is 20.5 Å². The van der Waals surface area contributed by atoms with Crippen molar-refractivity contribution in [3.63, 3.8) is 0 Å². The Balaban J connectivity index is 1.24. The van der Waals surface area contributed by atoms with Crippen LogP contribution in [0.15, 0.2) is 63.2 Å². The molecule has 1 amide bonds. The number of benzene rings is 2. The lowest BCUT2D eigenvalue weighted by atomic mass is 10.2. The van der Waals surface area contributed by atoms with Gasteiger partial charge in [0.15, 0.2) is 0 Å². The van der Waals surface area contributed by atoms with Crippen LogP contribution in [-0.4, -0.2) is 52.7 Å². The molecule has 4 aromatic rings. The fourth-order valence-corrected chi connectivity index (χ4v) is 6.23. The van der Waals surface area contributed by atoms with Gasteiger partial charge in [-0.05, 0) is 37.1 Å². The summed E-state index contributed by atoms with van der Waals surface area (Å²) in [7, 11) is -3.64. The number of aromatic amines is 1. The van der Waals surface area contributed by atoms with Crippen molar-refractivity contribution in [2.75, 3.05) is 24.2 Å². The number of hydrogen-bond donors (Lipinski definition) is 2. The van der Waals surface area contributed by atoms with Crippen LogP contribution in [-0.2, 0) is 14.8 Å². The molecule has 182 valence electrons. The molecule has 0 unspecified atom stereocenters. The third kappa shape index (κ3) is 5.08. The van der Waals surface area contributed by atoms with Crippen molar-refractivity contribution in [2.45, 2.75) is 29.4 Å². The van der Waals surface area contributed by atoms with Gasteiger partial charge in [0.1, 0.15) is 0 Å². The highest BCUT2D eigenvalue weighted by atomic mass is 35.5. The number of nitrogens with zero attached hydrogens (tertiary/aromatic N) is 3. The molecule has 2 N–H and O–H groups in total. The summed E-state index contributed by atoms with van der Waals surface area (Å²) in [6.45, 7) is 0.988. The standard InChI is InChI=1S/C23H22ClN5O4S2/c24-18-9-8-15(35(31,32)29-10-4-1-5-11-29)12-20(18)26-21(30)14-34-23-28-27-22(33-23)17-13-25-19-7-3-2-6-16(17)19/h2-3,6-9,12-13,25H,1,4-5,10-11,14H2,(H,26,30). The second-order valence-electron chi connectivity index (χ2n) is 8.06. The number of sulfonamides is 1. The number of hydrogen-bond acceptors (Lipinski definition) is 7. The first kappa shape index (κ1) is 23.9. The average molecular weight is 532 g/mol. The second-order valence-corrected chi connectivity index (χ2v) is 11.3. The number of carbonyl (C=O) groups is 1. The van der Waals surface area contributed by atoms with E-state index in [1.807, 2.05) is 24.3 Å². The van der Waals surface area contributed by atoms with Crippen LogP contribution in [0.3, 0.4) is 0 Å². The summed E-state index contributed by atoms with van der Waals surface area (Å²) in [6, 6.07) is 12.1. The molecule has 2 aromatic carbocycles. The van der Waals surface area contributed by atoms with E-state index < -0.39 is 10.0 Å². The molecule has 9 nitrogen and oxygen atoms in total. The summed E-state index contributed by atoms with van der Waals surface area (Å²) in [5.41, 5.74) is 1.97. The SMILES string of the molecule is O=C(CSc1nnc(-c2c[nH]c3ccccc23)o1)Nc1cc(S(=O)(=O)N2CCCCC2)ccc1Cl. The highest BCUT2D eigenvalue weighted by Crippen LogP contribution is 2.31. The first-order valence-corrected chi connectivity index (χ1v) is 13.8. The third-order valence-electron chi connectivity index (χ3n) is 5.72. The van der Waals surface area contributed by atoms with E-state index in [1.165, 1.54) is 22.5 Å². The van der Waals surface area contributed by atoms with E-state index in [0.29, 0.717) is 19.0 Å². The fourth-order valence-electron chi connectivity index (χ4n) is 3.95. The Labute approximate surface area is 211 Å². The Kier molecular flexibility index (Phi) is 6.83. The summed E-state index contributed by atoms with van der Waals surface area (Å²) in [5.74, 6) is -0.0464. The number of nitrogens with one attached hydrogen (secondary N) is 2. The van der Waals surface area contributed by atoms with Crippen LogP contribution in [0.5, 0.6) is 0 Å². The molecule has 3 heterocycles. The monoisotopic (exact) mass is 531 g/mol. The van der Waals surface area contributed by atoms with Gasteiger partial charge in [0.25, 0.3) is 11.1 Å². The number of fused-ring (bicyclic) bond motifs is 1. The zero-order valence-electron chi connectivity index (χ0n) is 18.5. The molecule has 0 radical (unpaired) electrons. The smallest absolute Gasteiger partial charge is 0.277 e. The van der Waals surface area contributed by atoms with Crippen LogP contribution in [0.25, 0.3) is 22.4 Å². The van der Waals surface area contributed by atoms with E-state index in [0.717, 1.165) is 47.5 Å². The Hall–Kier alpha value is -2.86. The van der Waals surface area contributed by atoms with Gasteiger partial charge >= 0.3 is 0 Å². The third-order valence-corrected chi connectivity index (χ3v) is 8.76. The quantitative estimate of drug-likeness (QED) is 0.329. The molecular formula is C23H22ClN5O4S2. The van der Waals surface area contributed by atoms with Crippen LogP contribution in [0.1, 0.15) is 19.3 Å². The lowest BCUT2D eigenvalue weighted by molar-refractivity contribution is -0.113. The highest BCUT2D eigenvalue weighted by Gasteiger charge is 2.26. The number of piperidine rings is 1. The van der Waals surface area contributed by atoms with Crippen molar-refractivity contribution in [3.05, 3.63) is 53.7 Å². The van der Waals surface area contributed by atoms with Gasteiger partial charge in [0.2, 0.25) is 15.9 Å². The molecule has 0 spiro atoms. The molecule has 1 aliphatic heterocycles. The van der Waals surface area contributed by atoms with Crippen molar-refractivity contribution in [1.82, 2.24) is 19.5 Å².